The Kier molecular flexibility index (Phi) is 3.60. The van der Waals surface area contributed by atoms with Crippen molar-refractivity contribution >= 4 is 23.4 Å². The fourth-order valence-electron chi connectivity index (χ4n) is 2.07. The normalized spacial score (nSPS) is 25.0. The Morgan fingerprint density at radius 1 is 1.53 bits per heavy atom. The first-order valence-electron chi connectivity index (χ1n) is 5.38. The zero-order valence-corrected chi connectivity index (χ0v) is 10.7. The Labute approximate surface area is 101 Å². The summed E-state index contributed by atoms with van der Waals surface area (Å²) in [6.45, 7) is 5.45. The molecule has 2 rings (SSSR count). The van der Waals surface area contributed by atoms with Crippen molar-refractivity contribution in [1.82, 2.24) is 5.32 Å². The molecule has 15 heavy (non-hydrogen) atoms. The van der Waals surface area contributed by atoms with Crippen LogP contribution in [0.25, 0.3) is 0 Å². The summed E-state index contributed by atoms with van der Waals surface area (Å²) in [4.78, 5) is 1.27. The molecule has 0 aliphatic carbocycles. The molecule has 1 aliphatic heterocycles. The van der Waals surface area contributed by atoms with Crippen molar-refractivity contribution in [2.45, 2.75) is 24.8 Å². The monoisotopic (exact) mass is 241 g/mol. The topological polar surface area (TPSA) is 12.0 Å². The van der Waals surface area contributed by atoms with E-state index in [0.717, 1.165) is 17.3 Å². The Bertz CT molecular complexity index is 353. The second-order valence-corrected chi connectivity index (χ2v) is 5.42. The lowest BCUT2D eigenvalue weighted by Crippen LogP contribution is -2.30. The summed E-state index contributed by atoms with van der Waals surface area (Å²) in [7, 11) is 0. The Morgan fingerprint density at radius 2 is 2.33 bits per heavy atom. The van der Waals surface area contributed by atoms with Crippen molar-refractivity contribution in [1.29, 1.82) is 0 Å². The van der Waals surface area contributed by atoms with E-state index in [0.29, 0.717) is 12.0 Å². The molecule has 0 saturated carbocycles. The first kappa shape index (κ1) is 11.3. The Balaban J connectivity index is 2.39. The quantitative estimate of drug-likeness (QED) is 0.847. The second-order valence-electron chi connectivity index (χ2n) is 3.98. The van der Waals surface area contributed by atoms with Crippen molar-refractivity contribution in [2.24, 2.45) is 5.92 Å². The van der Waals surface area contributed by atoms with Gasteiger partial charge in [-0.2, -0.15) is 0 Å². The van der Waals surface area contributed by atoms with Gasteiger partial charge >= 0.3 is 0 Å². The summed E-state index contributed by atoms with van der Waals surface area (Å²) >= 11 is 8.09. The van der Waals surface area contributed by atoms with E-state index in [4.69, 9.17) is 11.6 Å². The van der Waals surface area contributed by atoms with Crippen molar-refractivity contribution < 1.29 is 0 Å². The minimum atomic E-state index is 0.463. The molecule has 1 N–H and O–H groups in total. The van der Waals surface area contributed by atoms with E-state index in [1.807, 2.05) is 23.9 Å². The lowest BCUT2D eigenvalue weighted by molar-refractivity contribution is 0.416. The van der Waals surface area contributed by atoms with Gasteiger partial charge in [0.2, 0.25) is 0 Å². The van der Waals surface area contributed by atoms with E-state index in [9.17, 15) is 0 Å². The zero-order chi connectivity index (χ0) is 10.8. The molecular weight excluding hydrogens is 226 g/mol. The third-order valence-corrected chi connectivity index (χ3v) is 4.68. The number of hydrogen-bond donors (Lipinski definition) is 1. The molecule has 1 aromatic rings. The average Bonchev–Trinajstić information content (AvgIpc) is 2.23. The molecule has 1 aliphatic rings. The molecule has 0 saturated heterocycles. The molecule has 0 spiro atoms. The maximum atomic E-state index is 6.21. The maximum absolute atomic E-state index is 6.21. The molecule has 1 nitrogen and oxygen atoms in total. The van der Waals surface area contributed by atoms with E-state index >= 15 is 0 Å². The van der Waals surface area contributed by atoms with Gasteiger partial charge in [-0.25, -0.2) is 0 Å². The molecule has 0 aromatic heterocycles. The molecule has 0 bridgehead atoms. The third kappa shape index (κ3) is 2.17. The SMILES string of the molecule is CCNC1c2cccc(Cl)c2SCC1C. The van der Waals surface area contributed by atoms with Gasteiger partial charge in [-0.3, -0.25) is 0 Å². The number of nitrogens with one attached hydrogen (secondary N) is 1. The number of rotatable bonds is 2. The molecular formula is C12H16ClNS. The zero-order valence-electron chi connectivity index (χ0n) is 9.09. The fraction of sp³-hybridized carbons (Fsp3) is 0.500. The van der Waals surface area contributed by atoms with Crippen LogP contribution >= 0.6 is 23.4 Å². The summed E-state index contributed by atoms with van der Waals surface area (Å²) in [5, 5.41) is 4.44. The molecule has 2 unspecified atom stereocenters. The molecule has 0 radical (unpaired) electrons. The van der Waals surface area contributed by atoms with Crippen molar-refractivity contribution in [3.05, 3.63) is 28.8 Å². The average molecular weight is 242 g/mol. The highest BCUT2D eigenvalue weighted by molar-refractivity contribution is 7.99. The lowest BCUT2D eigenvalue weighted by atomic mass is 9.95. The van der Waals surface area contributed by atoms with Gasteiger partial charge in [-0.05, 0) is 24.1 Å². The first-order chi connectivity index (χ1) is 7.24. The van der Waals surface area contributed by atoms with Crippen LogP contribution in [-0.2, 0) is 0 Å². The van der Waals surface area contributed by atoms with Crippen molar-refractivity contribution in [3.63, 3.8) is 0 Å². The predicted molar refractivity (Wildman–Crippen MR) is 67.8 cm³/mol. The van der Waals surface area contributed by atoms with Gasteiger partial charge in [0.05, 0.1) is 5.02 Å². The van der Waals surface area contributed by atoms with Gasteiger partial charge in [0.25, 0.3) is 0 Å². The van der Waals surface area contributed by atoms with Crippen LogP contribution in [0.3, 0.4) is 0 Å². The molecule has 0 fully saturated rings. The van der Waals surface area contributed by atoms with Crippen LogP contribution in [0.15, 0.2) is 23.1 Å². The molecule has 1 aromatic carbocycles. The third-order valence-electron chi connectivity index (χ3n) is 2.82. The standard InChI is InChI=1S/C12H16ClNS/c1-3-14-11-8(2)7-15-12-9(11)5-4-6-10(12)13/h4-6,8,11,14H,3,7H2,1-2H3. The van der Waals surface area contributed by atoms with Gasteiger partial charge in [0.1, 0.15) is 0 Å². The first-order valence-corrected chi connectivity index (χ1v) is 6.75. The molecule has 2 atom stereocenters. The van der Waals surface area contributed by atoms with Crippen LogP contribution in [0, 0.1) is 5.92 Å². The number of halogens is 1. The highest BCUT2D eigenvalue weighted by Gasteiger charge is 2.27. The number of hydrogen-bond acceptors (Lipinski definition) is 2. The molecule has 1 heterocycles. The summed E-state index contributed by atoms with van der Waals surface area (Å²) in [5.41, 5.74) is 1.37. The molecule has 82 valence electrons. The van der Waals surface area contributed by atoms with Crippen LogP contribution in [0.2, 0.25) is 5.02 Å². The highest BCUT2D eigenvalue weighted by Crippen LogP contribution is 2.42. The van der Waals surface area contributed by atoms with Gasteiger partial charge in [0, 0.05) is 16.7 Å². The van der Waals surface area contributed by atoms with Gasteiger partial charge in [-0.15, -0.1) is 11.8 Å². The van der Waals surface area contributed by atoms with Gasteiger partial charge in [0.15, 0.2) is 0 Å². The molecule has 3 heteroatoms. The van der Waals surface area contributed by atoms with Crippen LogP contribution < -0.4 is 5.32 Å². The minimum absolute atomic E-state index is 0.463. The summed E-state index contributed by atoms with van der Waals surface area (Å²) in [5.74, 6) is 1.81. The van der Waals surface area contributed by atoms with Crippen molar-refractivity contribution in [3.8, 4) is 0 Å². The fourth-order valence-corrected chi connectivity index (χ4v) is 3.61. The van der Waals surface area contributed by atoms with Gasteiger partial charge < -0.3 is 5.32 Å². The van der Waals surface area contributed by atoms with E-state index in [-0.39, 0.29) is 0 Å². The number of thioether (sulfide) groups is 1. The van der Waals surface area contributed by atoms with Crippen LogP contribution in [0.1, 0.15) is 25.5 Å². The van der Waals surface area contributed by atoms with Crippen LogP contribution in [0.5, 0.6) is 0 Å². The van der Waals surface area contributed by atoms with E-state index in [2.05, 4.69) is 25.2 Å². The van der Waals surface area contributed by atoms with E-state index < -0.39 is 0 Å². The summed E-state index contributed by atoms with van der Waals surface area (Å²) in [6, 6.07) is 6.68. The van der Waals surface area contributed by atoms with Crippen LogP contribution in [-0.4, -0.2) is 12.3 Å². The summed E-state index contributed by atoms with van der Waals surface area (Å²) in [6.07, 6.45) is 0. The van der Waals surface area contributed by atoms with Crippen molar-refractivity contribution in [2.75, 3.05) is 12.3 Å². The maximum Gasteiger partial charge on any atom is 0.0545 e. The Hall–Kier alpha value is -0.180. The number of benzene rings is 1. The highest BCUT2D eigenvalue weighted by atomic mass is 35.5. The minimum Gasteiger partial charge on any atom is -0.310 e. The number of fused-ring (bicyclic) bond motifs is 1. The lowest BCUT2D eigenvalue weighted by Gasteiger charge is -2.31. The van der Waals surface area contributed by atoms with Gasteiger partial charge in [-0.1, -0.05) is 37.6 Å². The molecule has 0 amide bonds. The van der Waals surface area contributed by atoms with E-state index in [1.165, 1.54) is 10.5 Å². The Morgan fingerprint density at radius 3 is 3.07 bits per heavy atom. The largest absolute Gasteiger partial charge is 0.310 e. The smallest absolute Gasteiger partial charge is 0.0545 e. The second kappa shape index (κ2) is 4.77. The summed E-state index contributed by atoms with van der Waals surface area (Å²) < 4.78 is 0. The van der Waals surface area contributed by atoms with Crippen LogP contribution in [0.4, 0.5) is 0 Å². The predicted octanol–water partition coefficient (Wildman–Crippen LogP) is 3.73. The van der Waals surface area contributed by atoms with E-state index in [1.54, 1.807) is 0 Å².